The zero-order valence-corrected chi connectivity index (χ0v) is 19.0. The molecule has 2 heterocycles. The number of aromatic nitrogens is 3. The molecule has 5 aromatic rings. The number of thioether (sulfide) groups is 1. The van der Waals surface area contributed by atoms with E-state index >= 15 is 0 Å². The van der Waals surface area contributed by atoms with Crippen molar-refractivity contribution in [3.63, 3.8) is 0 Å². The fraction of sp³-hybridized carbons (Fsp3) is 0.0833. The largest absolute Gasteiger partial charge is 0.322 e. The van der Waals surface area contributed by atoms with Gasteiger partial charge in [-0.25, -0.2) is 9.97 Å². The van der Waals surface area contributed by atoms with E-state index in [0.717, 1.165) is 14.6 Å². The Morgan fingerprint density at radius 2 is 1.78 bits per heavy atom. The summed E-state index contributed by atoms with van der Waals surface area (Å²) in [6.45, 7) is 1.80. The van der Waals surface area contributed by atoms with Gasteiger partial charge in [-0.2, -0.15) is 0 Å². The van der Waals surface area contributed by atoms with E-state index in [1.807, 2.05) is 42.7 Å². The van der Waals surface area contributed by atoms with Gasteiger partial charge in [-0.1, -0.05) is 23.9 Å². The lowest BCUT2D eigenvalue weighted by atomic mass is 10.1. The van der Waals surface area contributed by atoms with Gasteiger partial charge in [-0.15, -0.1) is 11.3 Å². The predicted octanol–water partition coefficient (Wildman–Crippen LogP) is 5.28. The van der Waals surface area contributed by atoms with Crippen LogP contribution in [0.15, 0.2) is 75.9 Å². The standard InChI is InChI=1S/C24H18N4O2S2/c1-14-25-19-6-4-3-5-18(19)23(30)28(14)17-10-7-15(8-11-17)22(29)26-16-9-12-20-21(13-16)32-24(27-20)31-2/h3-13H,1-2H3,(H,26,29). The maximum Gasteiger partial charge on any atom is 0.265 e. The van der Waals surface area contributed by atoms with Crippen LogP contribution in [0, 0.1) is 6.92 Å². The van der Waals surface area contributed by atoms with Crippen LogP contribution in [0.1, 0.15) is 16.2 Å². The third-order valence-corrected chi connectivity index (χ3v) is 7.14. The van der Waals surface area contributed by atoms with E-state index < -0.39 is 0 Å². The highest BCUT2D eigenvalue weighted by Gasteiger charge is 2.12. The molecule has 0 aliphatic heterocycles. The lowest BCUT2D eigenvalue weighted by Crippen LogP contribution is -2.22. The number of hydrogen-bond donors (Lipinski definition) is 1. The summed E-state index contributed by atoms with van der Waals surface area (Å²) in [5, 5.41) is 3.49. The molecule has 0 radical (unpaired) electrons. The second-order valence-electron chi connectivity index (χ2n) is 7.18. The number of carbonyl (C=O) groups excluding carboxylic acids is 1. The lowest BCUT2D eigenvalue weighted by Gasteiger charge is -2.11. The molecule has 3 aromatic carbocycles. The van der Waals surface area contributed by atoms with Gasteiger partial charge < -0.3 is 5.32 Å². The van der Waals surface area contributed by atoms with E-state index in [0.29, 0.717) is 33.7 Å². The molecule has 0 saturated heterocycles. The van der Waals surface area contributed by atoms with Crippen molar-refractivity contribution < 1.29 is 4.79 Å². The first-order valence-corrected chi connectivity index (χ1v) is 11.9. The number of amides is 1. The van der Waals surface area contributed by atoms with Crippen molar-refractivity contribution in [3.8, 4) is 5.69 Å². The third kappa shape index (κ3) is 3.68. The summed E-state index contributed by atoms with van der Waals surface area (Å²) in [7, 11) is 0. The van der Waals surface area contributed by atoms with Gasteiger partial charge in [0.15, 0.2) is 4.34 Å². The number of fused-ring (bicyclic) bond motifs is 2. The molecule has 32 heavy (non-hydrogen) atoms. The molecule has 0 bridgehead atoms. The minimum atomic E-state index is -0.216. The van der Waals surface area contributed by atoms with Crippen LogP contribution in [0.2, 0.25) is 0 Å². The van der Waals surface area contributed by atoms with Crippen LogP contribution in [0.4, 0.5) is 5.69 Å². The number of hydrogen-bond acceptors (Lipinski definition) is 6. The highest BCUT2D eigenvalue weighted by Crippen LogP contribution is 2.30. The van der Waals surface area contributed by atoms with Crippen molar-refractivity contribution in [2.75, 3.05) is 11.6 Å². The van der Waals surface area contributed by atoms with Gasteiger partial charge in [-0.05, 0) is 67.8 Å². The number of rotatable bonds is 4. The molecular weight excluding hydrogens is 440 g/mol. The number of para-hydroxylation sites is 1. The summed E-state index contributed by atoms with van der Waals surface area (Å²) < 4.78 is 3.58. The third-order valence-electron chi connectivity index (χ3n) is 5.13. The lowest BCUT2D eigenvalue weighted by molar-refractivity contribution is 0.102. The van der Waals surface area contributed by atoms with Gasteiger partial charge in [0.1, 0.15) is 5.82 Å². The normalized spacial score (nSPS) is 11.2. The van der Waals surface area contributed by atoms with Crippen LogP contribution in [0.3, 0.4) is 0 Å². The molecule has 0 atom stereocenters. The Labute approximate surface area is 192 Å². The molecule has 158 valence electrons. The maximum absolute atomic E-state index is 13.0. The number of benzene rings is 3. The fourth-order valence-corrected chi connectivity index (χ4v) is 5.11. The van der Waals surface area contributed by atoms with Crippen molar-refractivity contribution in [3.05, 3.63) is 88.5 Å². The minimum absolute atomic E-state index is 0.132. The second kappa shape index (κ2) is 8.22. The van der Waals surface area contributed by atoms with E-state index in [9.17, 15) is 9.59 Å². The average Bonchev–Trinajstić information content (AvgIpc) is 3.22. The summed E-state index contributed by atoms with van der Waals surface area (Å²) >= 11 is 3.20. The molecule has 8 heteroatoms. The molecule has 1 N–H and O–H groups in total. The molecular formula is C24H18N4O2S2. The van der Waals surface area contributed by atoms with E-state index in [1.165, 1.54) is 0 Å². The highest BCUT2D eigenvalue weighted by atomic mass is 32.2. The Morgan fingerprint density at radius 3 is 2.56 bits per heavy atom. The van der Waals surface area contributed by atoms with Gasteiger partial charge in [0.2, 0.25) is 0 Å². The number of thiazole rings is 1. The van der Waals surface area contributed by atoms with Crippen molar-refractivity contribution in [2.45, 2.75) is 11.3 Å². The van der Waals surface area contributed by atoms with Crippen LogP contribution in [0.5, 0.6) is 0 Å². The molecule has 0 aliphatic rings. The second-order valence-corrected chi connectivity index (χ2v) is 9.27. The average molecular weight is 459 g/mol. The van der Waals surface area contributed by atoms with E-state index in [-0.39, 0.29) is 11.5 Å². The summed E-state index contributed by atoms with van der Waals surface area (Å²) in [6.07, 6.45) is 1.99. The Bertz CT molecular complexity index is 1540. The molecule has 0 spiro atoms. The van der Waals surface area contributed by atoms with Crippen molar-refractivity contribution in [1.29, 1.82) is 0 Å². The van der Waals surface area contributed by atoms with Crippen molar-refractivity contribution >= 4 is 55.8 Å². The van der Waals surface area contributed by atoms with E-state index in [2.05, 4.69) is 15.3 Å². The highest BCUT2D eigenvalue weighted by molar-refractivity contribution is 8.00. The summed E-state index contributed by atoms with van der Waals surface area (Å²) in [6, 6.07) is 19.9. The van der Waals surface area contributed by atoms with Gasteiger partial charge >= 0.3 is 0 Å². The number of nitrogens with one attached hydrogen (secondary N) is 1. The molecule has 0 fully saturated rings. The quantitative estimate of drug-likeness (QED) is 0.371. The predicted molar refractivity (Wildman–Crippen MR) is 131 cm³/mol. The van der Waals surface area contributed by atoms with Gasteiger partial charge in [0.25, 0.3) is 11.5 Å². The summed E-state index contributed by atoms with van der Waals surface area (Å²) in [4.78, 5) is 34.8. The molecule has 0 saturated carbocycles. The molecule has 5 rings (SSSR count). The molecule has 6 nitrogen and oxygen atoms in total. The number of anilines is 1. The summed E-state index contributed by atoms with van der Waals surface area (Å²) in [5.41, 5.74) is 3.35. The van der Waals surface area contributed by atoms with E-state index in [4.69, 9.17) is 0 Å². The zero-order chi connectivity index (χ0) is 22.2. The first kappa shape index (κ1) is 20.4. The van der Waals surface area contributed by atoms with Crippen LogP contribution in [-0.4, -0.2) is 26.7 Å². The molecule has 2 aromatic heterocycles. The first-order valence-electron chi connectivity index (χ1n) is 9.88. The van der Waals surface area contributed by atoms with Crippen LogP contribution >= 0.6 is 23.1 Å². The SMILES string of the molecule is CSc1nc2ccc(NC(=O)c3ccc(-n4c(C)nc5ccccc5c4=O)cc3)cc2s1. The van der Waals surface area contributed by atoms with Crippen LogP contribution < -0.4 is 10.9 Å². The Kier molecular flexibility index (Phi) is 5.24. The molecule has 0 aliphatic carbocycles. The maximum atomic E-state index is 13.0. The van der Waals surface area contributed by atoms with E-state index in [1.54, 1.807) is 64.9 Å². The topological polar surface area (TPSA) is 76.9 Å². The van der Waals surface area contributed by atoms with Gasteiger partial charge in [-0.3, -0.25) is 14.2 Å². The Morgan fingerprint density at radius 1 is 1.00 bits per heavy atom. The minimum Gasteiger partial charge on any atom is -0.322 e. The van der Waals surface area contributed by atoms with Crippen molar-refractivity contribution in [1.82, 2.24) is 14.5 Å². The number of carbonyl (C=O) groups is 1. The number of nitrogens with zero attached hydrogens (tertiary/aromatic N) is 3. The van der Waals surface area contributed by atoms with Crippen molar-refractivity contribution in [2.24, 2.45) is 0 Å². The Hall–Kier alpha value is -3.49. The van der Waals surface area contributed by atoms with Gasteiger partial charge in [0.05, 0.1) is 26.8 Å². The number of aryl methyl sites for hydroxylation is 1. The van der Waals surface area contributed by atoms with Crippen LogP contribution in [0.25, 0.3) is 26.8 Å². The molecule has 1 amide bonds. The van der Waals surface area contributed by atoms with Crippen LogP contribution in [-0.2, 0) is 0 Å². The Balaban J connectivity index is 1.42. The summed E-state index contributed by atoms with van der Waals surface area (Å²) in [5.74, 6) is 0.375. The smallest absolute Gasteiger partial charge is 0.265 e. The first-order chi connectivity index (χ1) is 15.5. The molecule has 0 unspecified atom stereocenters. The monoisotopic (exact) mass is 458 g/mol. The van der Waals surface area contributed by atoms with Gasteiger partial charge in [0, 0.05) is 11.3 Å². The fourth-order valence-electron chi connectivity index (χ4n) is 3.58. The zero-order valence-electron chi connectivity index (χ0n) is 17.3.